The standard InChI is InChI=1S/C13H13Cl2N3/c1-7-4-5-10(14)11(6-7)18-13-12(15)16-8(2)9(3)17-13/h4-6H,1-3H3,(H,17,18). The molecular weight excluding hydrogens is 269 g/mol. The number of hydrogen-bond donors (Lipinski definition) is 1. The van der Waals surface area contributed by atoms with Crippen LogP contribution < -0.4 is 5.32 Å². The van der Waals surface area contributed by atoms with Gasteiger partial charge in [0.25, 0.3) is 0 Å². The predicted octanol–water partition coefficient (Wildman–Crippen LogP) is 4.45. The Labute approximate surface area is 116 Å². The van der Waals surface area contributed by atoms with Crippen LogP contribution in [0.3, 0.4) is 0 Å². The molecule has 3 nitrogen and oxygen atoms in total. The van der Waals surface area contributed by atoms with Crippen molar-refractivity contribution in [3.8, 4) is 0 Å². The minimum atomic E-state index is 0.343. The summed E-state index contributed by atoms with van der Waals surface area (Å²) in [5.74, 6) is 0.521. The Morgan fingerprint density at radius 1 is 1.00 bits per heavy atom. The predicted molar refractivity (Wildman–Crippen MR) is 76.0 cm³/mol. The molecule has 2 aromatic rings. The number of anilines is 2. The number of aryl methyl sites for hydroxylation is 3. The monoisotopic (exact) mass is 281 g/mol. The van der Waals surface area contributed by atoms with Gasteiger partial charge in [-0.3, -0.25) is 0 Å². The molecule has 0 radical (unpaired) electrons. The van der Waals surface area contributed by atoms with E-state index in [2.05, 4.69) is 15.3 Å². The lowest BCUT2D eigenvalue weighted by molar-refractivity contribution is 1.05. The molecule has 5 heteroatoms. The first-order chi connectivity index (χ1) is 8.47. The number of hydrogen-bond acceptors (Lipinski definition) is 3. The minimum Gasteiger partial charge on any atom is -0.336 e. The van der Waals surface area contributed by atoms with Crippen LogP contribution in [-0.4, -0.2) is 9.97 Å². The fourth-order valence-corrected chi connectivity index (χ4v) is 1.90. The summed E-state index contributed by atoms with van der Waals surface area (Å²) in [6, 6.07) is 5.72. The third kappa shape index (κ3) is 2.74. The highest BCUT2D eigenvalue weighted by Crippen LogP contribution is 2.28. The van der Waals surface area contributed by atoms with E-state index in [9.17, 15) is 0 Å². The third-order valence-corrected chi connectivity index (χ3v) is 3.23. The summed E-state index contributed by atoms with van der Waals surface area (Å²) in [5, 5.41) is 4.08. The second kappa shape index (κ2) is 5.12. The van der Waals surface area contributed by atoms with Crippen molar-refractivity contribution in [1.29, 1.82) is 0 Å². The summed E-state index contributed by atoms with van der Waals surface area (Å²) >= 11 is 12.2. The van der Waals surface area contributed by atoms with Crippen LogP contribution in [0.5, 0.6) is 0 Å². The minimum absolute atomic E-state index is 0.343. The van der Waals surface area contributed by atoms with Gasteiger partial charge in [0.05, 0.1) is 22.1 Å². The molecule has 0 spiro atoms. The average molecular weight is 282 g/mol. The van der Waals surface area contributed by atoms with Gasteiger partial charge in [0, 0.05) is 0 Å². The topological polar surface area (TPSA) is 37.8 Å². The lowest BCUT2D eigenvalue weighted by Crippen LogP contribution is -2.01. The van der Waals surface area contributed by atoms with Crippen molar-refractivity contribution in [3.05, 3.63) is 45.3 Å². The fraction of sp³-hybridized carbons (Fsp3) is 0.231. The van der Waals surface area contributed by atoms with E-state index in [1.54, 1.807) is 0 Å². The van der Waals surface area contributed by atoms with Gasteiger partial charge in [-0.2, -0.15) is 0 Å². The largest absolute Gasteiger partial charge is 0.336 e. The van der Waals surface area contributed by atoms with E-state index in [0.717, 1.165) is 22.6 Å². The number of aromatic nitrogens is 2. The van der Waals surface area contributed by atoms with Crippen LogP contribution in [0.25, 0.3) is 0 Å². The molecule has 2 rings (SSSR count). The highest BCUT2D eigenvalue weighted by Gasteiger charge is 2.09. The van der Waals surface area contributed by atoms with Crippen molar-refractivity contribution in [2.24, 2.45) is 0 Å². The first kappa shape index (κ1) is 13.1. The quantitative estimate of drug-likeness (QED) is 0.884. The Hall–Kier alpha value is -1.32. The second-order valence-corrected chi connectivity index (χ2v) is 4.91. The molecule has 0 aliphatic rings. The summed E-state index contributed by atoms with van der Waals surface area (Å²) in [7, 11) is 0. The number of nitrogens with zero attached hydrogens (tertiary/aromatic N) is 2. The zero-order chi connectivity index (χ0) is 13.3. The molecule has 1 heterocycles. The molecule has 0 atom stereocenters. The molecule has 0 amide bonds. The number of nitrogens with one attached hydrogen (secondary N) is 1. The maximum Gasteiger partial charge on any atom is 0.172 e. The van der Waals surface area contributed by atoms with E-state index in [0.29, 0.717) is 16.0 Å². The normalized spacial score (nSPS) is 10.5. The van der Waals surface area contributed by atoms with E-state index in [1.807, 2.05) is 39.0 Å². The number of benzene rings is 1. The molecule has 0 bridgehead atoms. The van der Waals surface area contributed by atoms with Crippen molar-refractivity contribution in [2.75, 3.05) is 5.32 Å². The zero-order valence-electron chi connectivity index (χ0n) is 10.4. The lowest BCUT2D eigenvalue weighted by Gasteiger charge is -2.11. The first-order valence-electron chi connectivity index (χ1n) is 5.51. The smallest absolute Gasteiger partial charge is 0.172 e. The van der Waals surface area contributed by atoms with Crippen molar-refractivity contribution in [2.45, 2.75) is 20.8 Å². The molecule has 0 saturated carbocycles. The van der Waals surface area contributed by atoms with Gasteiger partial charge >= 0.3 is 0 Å². The lowest BCUT2D eigenvalue weighted by atomic mass is 10.2. The van der Waals surface area contributed by atoms with Crippen LogP contribution in [0.2, 0.25) is 10.2 Å². The molecule has 0 unspecified atom stereocenters. The van der Waals surface area contributed by atoms with Gasteiger partial charge in [0.1, 0.15) is 0 Å². The van der Waals surface area contributed by atoms with E-state index in [-0.39, 0.29) is 0 Å². The zero-order valence-corrected chi connectivity index (χ0v) is 11.9. The molecule has 1 N–H and O–H groups in total. The van der Waals surface area contributed by atoms with Crippen LogP contribution in [0.4, 0.5) is 11.5 Å². The maximum atomic E-state index is 6.12. The fourth-order valence-electron chi connectivity index (χ4n) is 1.52. The van der Waals surface area contributed by atoms with Gasteiger partial charge < -0.3 is 5.32 Å². The van der Waals surface area contributed by atoms with E-state index in [1.165, 1.54) is 0 Å². The van der Waals surface area contributed by atoms with Crippen molar-refractivity contribution in [3.63, 3.8) is 0 Å². The van der Waals surface area contributed by atoms with Crippen molar-refractivity contribution < 1.29 is 0 Å². The van der Waals surface area contributed by atoms with E-state index < -0.39 is 0 Å². The van der Waals surface area contributed by atoms with Crippen molar-refractivity contribution in [1.82, 2.24) is 9.97 Å². The molecule has 0 saturated heterocycles. The molecule has 0 aliphatic heterocycles. The van der Waals surface area contributed by atoms with Crippen LogP contribution in [0.15, 0.2) is 18.2 Å². The Kier molecular flexibility index (Phi) is 3.73. The molecule has 0 fully saturated rings. The molecule has 18 heavy (non-hydrogen) atoms. The Balaban J connectivity index is 2.40. The maximum absolute atomic E-state index is 6.12. The van der Waals surface area contributed by atoms with Gasteiger partial charge in [-0.25, -0.2) is 9.97 Å². The molecule has 0 aliphatic carbocycles. The Morgan fingerprint density at radius 2 is 1.67 bits per heavy atom. The summed E-state index contributed by atoms with van der Waals surface area (Å²) in [6.07, 6.45) is 0. The molecule has 94 valence electrons. The average Bonchev–Trinajstić information content (AvgIpc) is 2.30. The number of halogens is 2. The highest BCUT2D eigenvalue weighted by atomic mass is 35.5. The molecule has 1 aromatic heterocycles. The summed E-state index contributed by atoms with van der Waals surface area (Å²) < 4.78 is 0. The van der Waals surface area contributed by atoms with Gasteiger partial charge in [0.15, 0.2) is 11.0 Å². The summed E-state index contributed by atoms with van der Waals surface area (Å²) in [4.78, 5) is 8.59. The van der Waals surface area contributed by atoms with Crippen LogP contribution in [-0.2, 0) is 0 Å². The number of rotatable bonds is 2. The second-order valence-electron chi connectivity index (χ2n) is 4.14. The third-order valence-electron chi connectivity index (χ3n) is 2.64. The Morgan fingerprint density at radius 3 is 2.39 bits per heavy atom. The molecular formula is C13H13Cl2N3. The van der Waals surface area contributed by atoms with Crippen LogP contribution in [0.1, 0.15) is 17.0 Å². The van der Waals surface area contributed by atoms with E-state index in [4.69, 9.17) is 23.2 Å². The summed E-state index contributed by atoms with van der Waals surface area (Å²) in [6.45, 7) is 5.76. The SMILES string of the molecule is Cc1ccc(Cl)c(Nc2nc(C)c(C)nc2Cl)c1. The van der Waals surface area contributed by atoms with Crippen LogP contribution in [0, 0.1) is 20.8 Å². The Bertz CT molecular complexity index is 597. The van der Waals surface area contributed by atoms with Gasteiger partial charge in [-0.05, 0) is 38.5 Å². The van der Waals surface area contributed by atoms with Gasteiger partial charge in [-0.15, -0.1) is 0 Å². The molecule has 1 aromatic carbocycles. The van der Waals surface area contributed by atoms with Gasteiger partial charge in [0.2, 0.25) is 0 Å². The summed E-state index contributed by atoms with van der Waals surface area (Å²) in [5.41, 5.74) is 3.54. The van der Waals surface area contributed by atoms with E-state index >= 15 is 0 Å². The van der Waals surface area contributed by atoms with Gasteiger partial charge in [-0.1, -0.05) is 29.3 Å². The van der Waals surface area contributed by atoms with Crippen molar-refractivity contribution >= 4 is 34.7 Å². The first-order valence-corrected chi connectivity index (χ1v) is 6.27. The highest BCUT2D eigenvalue weighted by molar-refractivity contribution is 6.34. The van der Waals surface area contributed by atoms with Crippen LogP contribution >= 0.6 is 23.2 Å².